The molecule has 0 radical (unpaired) electrons. The molecule has 0 unspecified atom stereocenters. The van der Waals surface area contributed by atoms with E-state index in [2.05, 4.69) is 5.32 Å². The summed E-state index contributed by atoms with van der Waals surface area (Å²) >= 11 is 0. The molecule has 2 amide bonds. The van der Waals surface area contributed by atoms with Gasteiger partial charge in [0, 0.05) is 29.5 Å². The van der Waals surface area contributed by atoms with E-state index in [0.717, 1.165) is 0 Å². The highest BCUT2D eigenvalue weighted by Crippen LogP contribution is 2.19. The summed E-state index contributed by atoms with van der Waals surface area (Å²) in [7, 11) is 1.50. The van der Waals surface area contributed by atoms with Crippen molar-refractivity contribution in [3.05, 3.63) is 95.3 Å². The van der Waals surface area contributed by atoms with Crippen molar-refractivity contribution < 1.29 is 28.6 Å². The van der Waals surface area contributed by atoms with Crippen LogP contribution in [-0.4, -0.2) is 30.1 Å². The molecule has 0 atom stereocenters. The summed E-state index contributed by atoms with van der Waals surface area (Å²) in [5, 5.41) is 11.7. The molecule has 31 heavy (non-hydrogen) atoms. The average Bonchev–Trinajstić information content (AvgIpc) is 2.78. The number of halogens is 1. The summed E-state index contributed by atoms with van der Waals surface area (Å²) in [5.41, 5.74) is 1.89. The molecule has 0 heterocycles. The molecule has 158 valence electrons. The van der Waals surface area contributed by atoms with Gasteiger partial charge in [0.05, 0.1) is 5.56 Å². The summed E-state index contributed by atoms with van der Waals surface area (Å²) < 4.78 is 18.4. The molecule has 3 aromatic rings. The highest BCUT2D eigenvalue weighted by Gasteiger charge is 2.15. The standard InChI is InChI=1S/C23H19FN2O5/c1-26(19-12-8-16(9-13-19)22(28)29)23(30)31-14-17-4-2-3-5-20(17)25-21(27)15-6-10-18(24)11-7-15/h2-13H,14H2,1H3,(H,25,27)(H,28,29). The molecule has 3 aromatic carbocycles. The zero-order chi connectivity index (χ0) is 22.4. The molecule has 0 aliphatic rings. The SMILES string of the molecule is CN(C(=O)OCc1ccccc1NC(=O)c1ccc(F)cc1)c1ccc(C(=O)O)cc1. The highest BCUT2D eigenvalue weighted by molar-refractivity contribution is 6.04. The highest BCUT2D eigenvalue weighted by atomic mass is 19.1. The predicted molar refractivity (Wildman–Crippen MR) is 113 cm³/mol. The maximum Gasteiger partial charge on any atom is 0.414 e. The number of hydrogen-bond acceptors (Lipinski definition) is 4. The third kappa shape index (κ3) is 5.45. The lowest BCUT2D eigenvalue weighted by Gasteiger charge is -2.18. The van der Waals surface area contributed by atoms with Crippen molar-refractivity contribution in [1.82, 2.24) is 0 Å². The molecular formula is C23H19FN2O5. The molecule has 0 saturated carbocycles. The fourth-order valence-corrected chi connectivity index (χ4v) is 2.73. The number of benzene rings is 3. The predicted octanol–water partition coefficient (Wildman–Crippen LogP) is 4.55. The number of nitrogens with one attached hydrogen (secondary N) is 1. The van der Waals surface area contributed by atoms with Gasteiger partial charge in [-0.15, -0.1) is 0 Å². The van der Waals surface area contributed by atoms with Gasteiger partial charge in [-0.05, 0) is 54.6 Å². The average molecular weight is 422 g/mol. The van der Waals surface area contributed by atoms with Crippen molar-refractivity contribution in [2.24, 2.45) is 0 Å². The Kier molecular flexibility index (Phi) is 6.61. The molecule has 8 heteroatoms. The van der Waals surface area contributed by atoms with Gasteiger partial charge in [-0.1, -0.05) is 18.2 Å². The quantitative estimate of drug-likeness (QED) is 0.608. The van der Waals surface area contributed by atoms with Gasteiger partial charge < -0.3 is 15.2 Å². The minimum absolute atomic E-state index is 0.101. The number of carbonyl (C=O) groups is 3. The monoisotopic (exact) mass is 422 g/mol. The van der Waals surface area contributed by atoms with Crippen molar-refractivity contribution in [3.8, 4) is 0 Å². The molecule has 0 bridgehead atoms. The summed E-state index contributed by atoms with van der Waals surface area (Å²) in [6.45, 7) is -0.101. The van der Waals surface area contributed by atoms with Crippen LogP contribution in [0.2, 0.25) is 0 Å². The Morgan fingerprint density at radius 1 is 0.935 bits per heavy atom. The molecule has 7 nitrogen and oxygen atoms in total. The molecular weight excluding hydrogens is 403 g/mol. The Balaban J connectivity index is 1.65. The van der Waals surface area contributed by atoms with Crippen LogP contribution in [0.15, 0.2) is 72.8 Å². The van der Waals surface area contributed by atoms with E-state index >= 15 is 0 Å². The van der Waals surface area contributed by atoms with Crippen LogP contribution in [0.5, 0.6) is 0 Å². The smallest absolute Gasteiger partial charge is 0.414 e. The third-order valence-corrected chi connectivity index (χ3v) is 4.50. The lowest BCUT2D eigenvalue weighted by Crippen LogP contribution is -2.27. The number of carbonyl (C=O) groups excluding carboxylic acids is 2. The molecule has 2 N–H and O–H groups in total. The van der Waals surface area contributed by atoms with Crippen LogP contribution in [-0.2, 0) is 11.3 Å². The van der Waals surface area contributed by atoms with Crippen LogP contribution in [0.25, 0.3) is 0 Å². The van der Waals surface area contributed by atoms with Crippen LogP contribution >= 0.6 is 0 Å². The van der Waals surface area contributed by atoms with Gasteiger partial charge in [-0.25, -0.2) is 14.0 Å². The first-order chi connectivity index (χ1) is 14.8. The number of carboxylic acids is 1. The minimum Gasteiger partial charge on any atom is -0.478 e. The second kappa shape index (κ2) is 9.53. The number of ether oxygens (including phenoxy) is 1. The number of carboxylic acid groups (broad SMARTS) is 1. The molecule has 0 aromatic heterocycles. The largest absolute Gasteiger partial charge is 0.478 e. The Morgan fingerprint density at radius 3 is 2.19 bits per heavy atom. The van der Waals surface area contributed by atoms with E-state index in [1.807, 2.05) is 0 Å². The molecule has 0 spiro atoms. The van der Waals surface area contributed by atoms with Crippen LogP contribution in [0, 0.1) is 5.82 Å². The number of nitrogens with zero attached hydrogens (tertiary/aromatic N) is 1. The van der Waals surface area contributed by atoms with E-state index in [4.69, 9.17) is 9.84 Å². The zero-order valence-electron chi connectivity index (χ0n) is 16.5. The van der Waals surface area contributed by atoms with Crippen LogP contribution in [0.3, 0.4) is 0 Å². The maximum atomic E-state index is 13.0. The Morgan fingerprint density at radius 2 is 1.55 bits per heavy atom. The first-order valence-electron chi connectivity index (χ1n) is 9.24. The summed E-state index contributed by atoms with van der Waals surface area (Å²) in [5.74, 6) is -1.92. The Bertz CT molecular complexity index is 1100. The van der Waals surface area contributed by atoms with Gasteiger partial charge in [0.25, 0.3) is 5.91 Å². The molecule has 3 rings (SSSR count). The van der Waals surface area contributed by atoms with Crippen LogP contribution < -0.4 is 10.2 Å². The van der Waals surface area contributed by atoms with Gasteiger partial charge >= 0.3 is 12.1 Å². The van der Waals surface area contributed by atoms with Crippen molar-refractivity contribution in [1.29, 1.82) is 0 Å². The number of para-hydroxylation sites is 1. The van der Waals surface area contributed by atoms with Gasteiger partial charge in [0.1, 0.15) is 12.4 Å². The van der Waals surface area contributed by atoms with E-state index in [1.165, 1.54) is 60.5 Å². The topological polar surface area (TPSA) is 95.9 Å². The van der Waals surface area contributed by atoms with Gasteiger partial charge in [-0.3, -0.25) is 9.69 Å². The first-order valence-corrected chi connectivity index (χ1v) is 9.24. The van der Waals surface area contributed by atoms with Gasteiger partial charge in [0.2, 0.25) is 0 Å². The van der Waals surface area contributed by atoms with E-state index in [9.17, 15) is 18.8 Å². The van der Waals surface area contributed by atoms with Crippen molar-refractivity contribution in [3.63, 3.8) is 0 Å². The lowest BCUT2D eigenvalue weighted by atomic mass is 10.1. The Labute approximate surface area is 177 Å². The zero-order valence-corrected chi connectivity index (χ0v) is 16.5. The number of hydrogen-bond donors (Lipinski definition) is 2. The number of aromatic carboxylic acids is 1. The lowest BCUT2D eigenvalue weighted by molar-refractivity contribution is 0.0696. The van der Waals surface area contributed by atoms with Gasteiger partial charge in [0.15, 0.2) is 0 Å². The molecule has 0 saturated heterocycles. The number of amides is 2. The van der Waals surface area contributed by atoms with Crippen LogP contribution in [0.4, 0.5) is 20.6 Å². The number of rotatable bonds is 6. The van der Waals surface area contributed by atoms with E-state index in [1.54, 1.807) is 24.3 Å². The van der Waals surface area contributed by atoms with E-state index in [0.29, 0.717) is 16.9 Å². The molecule has 0 aliphatic heterocycles. The maximum absolute atomic E-state index is 13.0. The third-order valence-electron chi connectivity index (χ3n) is 4.50. The van der Waals surface area contributed by atoms with Crippen molar-refractivity contribution in [2.75, 3.05) is 17.3 Å². The first kappa shape index (κ1) is 21.5. The van der Waals surface area contributed by atoms with Crippen molar-refractivity contribution in [2.45, 2.75) is 6.61 Å². The molecule has 0 fully saturated rings. The van der Waals surface area contributed by atoms with Crippen molar-refractivity contribution >= 4 is 29.3 Å². The molecule has 0 aliphatic carbocycles. The van der Waals surface area contributed by atoms with E-state index in [-0.39, 0.29) is 17.7 Å². The van der Waals surface area contributed by atoms with Gasteiger partial charge in [-0.2, -0.15) is 0 Å². The normalized spacial score (nSPS) is 10.3. The second-order valence-electron chi connectivity index (χ2n) is 6.58. The fraction of sp³-hybridized carbons (Fsp3) is 0.0870. The second-order valence-corrected chi connectivity index (χ2v) is 6.58. The minimum atomic E-state index is -1.06. The summed E-state index contributed by atoms with van der Waals surface area (Å²) in [6, 6.07) is 17.8. The van der Waals surface area contributed by atoms with Crippen LogP contribution in [0.1, 0.15) is 26.3 Å². The van der Waals surface area contributed by atoms with E-state index < -0.39 is 23.8 Å². The fourth-order valence-electron chi connectivity index (χ4n) is 2.73. The Hall–Kier alpha value is -4.20. The number of anilines is 2. The summed E-state index contributed by atoms with van der Waals surface area (Å²) in [6.07, 6.45) is -0.650. The summed E-state index contributed by atoms with van der Waals surface area (Å²) in [4.78, 5) is 37.0.